The Bertz CT molecular complexity index is 968. The molecule has 0 amide bonds. The topological polar surface area (TPSA) is 80.7 Å². The third-order valence-corrected chi connectivity index (χ3v) is 8.02. The lowest BCUT2D eigenvalue weighted by Crippen LogP contribution is -2.72. The van der Waals surface area contributed by atoms with Crippen LogP contribution >= 0.6 is 0 Å². The van der Waals surface area contributed by atoms with Gasteiger partial charge in [-0.15, -0.1) is 0 Å². The summed E-state index contributed by atoms with van der Waals surface area (Å²) in [4.78, 5) is 26.2. The average Bonchev–Trinajstić information content (AvgIpc) is 3.42. The number of aryl methyl sites for hydroxylation is 3. The molecule has 1 N–H and O–H groups in total. The highest BCUT2D eigenvalue weighted by Crippen LogP contribution is 2.66. The van der Waals surface area contributed by atoms with Crippen LogP contribution in [0.3, 0.4) is 0 Å². The highest BCUT2D eigenvalue weighted by Gasteiger charge is 2.74. The van der Waals surface area contributed by atoms with Crippen LogP contribution in [0.2, 0.25) is 0 Å². The van der Waals surface area contributed by atoms with Crippen LogP contribution in [0.4, 0.5) is 0 Å². The van der Waals surface area contributed by atoms with E-state index in [0.29, 0.717) is 18.6 Å². The van der Waals surface area contributed by atoms with Crippen molar-refractivity contribution in [1.82, 2.24) is 0 Å². The summed E-state index contributed by atoms with van der Waals surface area (Å²) in [5.74, 6) is 0.410. The van der Waals surface area contributed by atoms with E-state index in [4.69, 9.17) is 8.83 Å². The predicted octanol–water partition coefficient (Wildman–Crippen LogP) is 4.92. The van der Waals surface area contributed by atoms with Gasteiger partial charge in [-0.1, -0.05) is 20.8 Å². The van der Waals surface area contributed by atoms with Crippen molar-refractivity contribution in [3.05, 3.63) is 47.3 Å². The molecular weight excluding hydrogens is 380 g/mol. The average molecular weight is 413 g/mol. The minimum Gasteiger partial charge on any atom is -0.469 e. The molecule has 2 saturated carbocycles. The summed E-state index contributed by atoms with van der Waals surface area (Å²) in [7, 11) is 0. The van der Waals surface area contributed by atoms with Gasteiger partial charge in [0.1, 0.15) is 11.4 Å². The maximum absolute atomic E-state index is 13.2. The van der Waals surface area contributed by atoms with Crippen molar-refractivity contribution in [2.24, 2.45) is 29.1 Å². The molecule has 5 heteroatoms. The predicted molar refractivity (Wildman–Crippen MR) is 112 cm³/mol. The van der Waals surface area contributed by atoms with Gasteiger partial charge in [-0.2, -0.15) is 0 Å². The van der Waals surface area contributed by atoms with Crippen LogP contribution < -0.4 is 0 Å². The van der Waals surface area contributed by atoms with Crippen LogP contribution in [0.1, 0.15) is 67.5 Å². The molecule has 0 bridgehead atoms. The standard InChI is InChI=1S/C25H32O5/c1-14-12-20(30-13-14)21(26)17(4)18-8-10-24(5)22(18)25(28,23(24)27)16(3)6-7-19-15(2)9-11-29-19/h9,11-13,16-18,22,28H,6-8,10H2,1-5H3/t16-,17+,18+,22+,24-,25+/m1/s1. The van der Waals surface area contributed by atoms with Crippen LogP contribution in [0.15, 0.2) is 33.5 Å². The molecule has 0 saturated heterocycles. The van der Waals surface area contributed by atoms with Crippen molar-refractivity contribution in [2.75, 3.05) is 0 Å². The van der Waals surface area contributed by atoms with Gasteiger partial charge >= 0.3 is 0 Å². The number of carbonyl (C=O) groups excluding carboxylic acids is 2. The lowest BCUT2D eigenvalue weighted by Gasteiger charge is -2.58. The molecule has 2 aromatic heterocycles. The second-order valence-corrected chi connectivity index (χ2v) is 9.86. The Labute approximate surface area is 177 Å². The second kappa shape index (κ2) is 7.23. The highest BCUT2D eigenvalue weighted by atomic mass is 16.3. The van der Waals surface area contributed by atoms with Crippen molar-refractivity contribution in [1.29, 1.82) is 0 Å². The summed E-state index contributed by atoms with van der Waals surface area (Å²) in [6.07, 6.45) is 6.10. The molecule has 5 nitrogen and oxygen atoms in total. The molecular formula is C25H32O5. The van der Waals surface area contributed by atoms with E-state index in [9.17, 15) is 14.7 Å². The van der Waals surface area contributed by atoms with Gasteiger partial charge in [0.25, 0.3) is 0 Å². The van der Waals surface area contributed by atoms with Crippen molar-refractivity contribution in [2.45, 2.75) is 65.9 Å². The van der Waals surface area contributed by atoms with E-state index in [2.05, 4.69) is 0 Å². The molecule has 0 spiro atoms. The number of ketones is 2. The fraction of sp³-hybridized carbons (Fsp3) is 0.600. The first-order valence-corrected chi connectivity index (χ1v) is 11.0. The van der Waals surface area contributed by atoms with Crippen molar-refractivity contribution in [3.63, 3.8) is 0 Å². The fourth-order valence-electron chi connectivity index (χ4n) is 6.13. The second-order valence-electron chi connectivity index (χ2n) is 9.86. The molecule has 0 unspecified atom stereocenters. The van der Waals surface area contributed by atoms with Crippen LogP contribution in [0.25, 0.3) is 0 Å². The van der Waals surface area contributed by atoms with Crippen LogP contribution in [0.5, 0.6) is 0 Å². The zero-order chi connectivity index (χ0) is 21.8. The van der Waals surface area contributed by atoms with Gasteiger partial charge in [-0.3, -0.25) is 9.59 Å². The zero-order valence-corrected chi connectivity index (χ0v) is 18.5. The Balaban J connectivity index is 1.54. The van der Waals surface area contributed by atoms with Crippen LogP contribution in [-0.4, -0.2) is 22.3 Å². The lowest BCUT2D eigenvalue weighted by molar-refractivity contribution is -0.208. The van der Waals surface area contributed by atoms with Crippen LogP contribution in [0, 0.1) is 42.9 Å². The van der Waals surface area contributed by atoms with Crippen molar-refractivity contribution in [3.8, 4) is 0 Å². The molecule has 2 fully saturated rings. The molecule has 162 valence electrons. The minimum absolute atomic E-state index is 0.0385. The minimum atomic E-state index is -1.38. The number of fused-ring (bicyclic) bond motifs is 1. The monoisotopic (exact) mass is 412 g/mol. The summed E-state index contributed by atoms with van der Waals surface area (Å²) < 4.78 is 11.0. The number of rotatable bonds is 7. The Morgan fingerprint density at radius 3 is 2.63 bits per heavy atom. The van der Waals surface area contributed by atoms with E-state index in [0.717, 1.165) is 29.7 Å². The molecule has 2 aliphatic rings. The smallest absolute Gasteiger partial charge is 0.201 e. The molecule has 4 rings (SSSR count). The Morgan fingerprint density at radius 2 is 2.03 bits per heavy atom. The summed E-state index contributed by atoms with van der Waals surface area (Å²) in [6, 6.07) is 3.69. The highest BCUT2D eigenvalue weighted by molar-refractivity contribution is 6.01. The van der Waals surface area contributed by atoms with E-state index in [1.807, 2.05) is 40.7 Å². The summed E-state index contributed by atoms with van der Waals surface area (Å²) in [5, 5.41) is 11.6. The van der Waals surface area contributed by atoms with E-state index >= 15 is 0 Å². The first-order valence-electron chi connectivity index (χ1n) is 11.0. The summed E-state index contributed by atoms with van der Waals surface area (Å²) >= 11 is 0. The number of hydrogen-bond donors (Lipinski definition) is 1. The van der Waals surface area contributed by atoms with Gasteiger partial charge in [0, 0.05) is 23.7 Å². The molecule has 0 radical (unpaired) electrons. The number of aliphatic hydroxyl groups is 1. The first-order chi connectivity index (χ1) is 14.1. The Morgan fingerprint density at radius 1 is 1.30 bits per heavy atom. The third kappa shape index (κ3) is 2.93. The zero-order valence-electron chi connectivity index (χ0n) is 18.5. The molecule has 2 aromatic rings. The maximum Gasteiger partial charge on any atom is 0.201 e. The fourth-order valence-corrected chi connectivity index (χ4v) is 6.13. The summed E-state index contributed by atoms with van der Waals surface area (Å²) in [6.45, 7) is 9.72. The van der Waals surface area contributed by atoms with E-state index in [-0.39, 0.29) is 35.2 Å². The Hall–Kier alpha value is -2.14. The van der Waals surface area contributed by atoms with Crippen molar-refractivity contribution < 1.29 is 23.5 Å². The molecule has 0 aromatic carbocycles. The third-order valence-electron chi connectivity index (χ3n) is 8.02. The molecule has 2 heterocycles. The van der Waals surface area contributed by atoms with Gasteiger partial charge in [0.2, 0.25) is 5.78 Å². The number of Topliss-reactive ketones (excluding diaryl/α,β-unsaturated/α-hetero) is 2. The van der Waals surface area contributed by atoms with Gasteiger partial charge in [-0.05, 0) is 68.2 Å². The number of furan rings is 2. The lowest BCUT2D eigenvalue weighted by atomic mass is 9.46. The molecule has 0 aliphatic heterocycles. The van der Waals surface area contributed by atoms with E-state index in [1.54, 1.807) is 18.6 Å². The van der Waals surface area contributed by atoms with Crippen LogP contribution in [-0.2, 0) is 11.2 Å². The number of hydrogen-bond acceptors (Lipinski definition) is 5. The van der Waals surface area contributed by atoms with Gasteiger partial charge in [0.05, 0.1) is 12.5 Å². The van der Waals surface area contributed by atoms with E-state index < -0.39 is 11.0 Å². The van der Waals surface area contributed by atoms with E-state index in [1.165, 1.54) is 0 Å². The van der Waals surface area contributed by atoms with Gasteiger partial charge < -0.3 is 13.9 Å². The summed E-state index contributed by atoms with van der Waals surface area (Å²) in [5.41, 5.74) is 0.0796. The Kier molecular flexibility index (Phi) is 5.08. The van der Waals surface area contributed by atoms with Gasteiger partial charge in [0.15, 0.2) is 11.5 Å². The SMILES string of the molecule is Cc1coc(C(=O)[C@@H](C)[C@@H]2CC[C@@]3(C)C(=O)[C@](O)([C@H](C)CCc4occc4C)[C@@H]23)c1. The normalized spacial score (nSPS) is 32.5. The van der Waals surface area contributed by atoms with Crippen molar-refractivity contribution >= 4 is 11.6 Å². The first kappa shape index (κ1) is 21.1. The molecule has 2 aliphatic carbocycles. The largest absolute Gasteiger partial charge is 0.469 e. The van der Waals surface area contributed by atoms with Gasteiger partial charge in [-0.25, -0.2) is 0 Å². The quantitative estimate of drug-likeness (QED) is 0.653. The maximum atomic E-state index is 13.2. The number of carbonyl (C=O) groups is 2. The molecule has 30 heavy (non-hydrogen) atoms. The molecule has 6 atom stereocenters.